The van der Waals surface area contributed by atoms with E-state index in [1.807, 2.05) is 6.07 Å². The van der Waals surface area contributed by atoms with Crippen molar-refractivity contribution in [3.63, 3.8) is 0 Å². The number of aromatic nitrogens is 2. The molecule has 0 aliphatic heterocycles. The maximum absolute atomic E-state index is 3.59. The Balaban J connectivity index is 0.000000490. The summed E-state index contributed by atoms with van der Waals surface area (Å²) in [6, 6.07) is 1.83. The van der Waals surface area contributed by atoms with E-state index in [9.17, 15) is 0 Å². The third-order valence-electron chi connectivity index (χ3n) is 0.548. The van der Waals surface area contributed by atoms with Crippen LogP contribution in [-0.2, 0) is 0 Å². The summed E-state index contributed by atoms with van der Waals surface area (Å²) in [7, 11) is 0. The minimum absolute atomic E-state index is 0. The zero-order valence-electron chi connectivity index (χ0n) is 3.91. The normalized spacial score (nSPS) is 7.62. The van der Waals surface area contributed by atoms with Gasteiger partial charge in [-0.1, -0.05) is 0 Å². The molecule has 0 unspecified atom stereocenters. The molecule has 0 aromatic carbocycles. The molecule has 44 valence electrons. The lowest BCUT2D eigenvalue weighted by Crippen LogP contribution is -1.73. The average Bonchev–Trinajstić information content (AvgIpc) is 1.69. The van der Waals surface area contributed by atoms with Gasteiger partial charge in [0.15, 0.2) is 0 Å². The number of rotatable bonds is 0. The monoisotopic (exact) mass is 238 g/mol. The molecule has 0 N–H and O–H groups in total. The molecule has 0 amide bonds. The van der Waals surface area contributed by atoms with Crippen LogP contribution in [0.5, 0.6) is 0 Å². The Kier molecular flexibility index (Phi) is 3.99. The molecule has 0 aliphatic rings. The van der Waals surface area contributed by atoms with Crippen molar-refractivity contribution in [2.75, 3.05) is 0 Å². The van der Waals surface area contributed by atoms with Crippen molar-refractivity contribution in [2.24, 2.45) is 0 Å². The number of hydrogen-bond acceptors (Lipinski definition) is 2. The standard InChI is InChI=1S/C4H3BrN2.BrH/c5-4-1-2-6-7-3-4;/h1-3H;1H. The van der Waals surface area contributed by atoms with E-state index in [-0.39, 0.29) is 17.0 Å². The highest BCUT2D eigenvalue weighted by Crippen LogP contribution is 2.01. The second-order valence-corrected chi connectivity index (χ2v) is 1.98. The summed E-state index contributed by atoms with van der Waals surface area (Å²) in [6.45, 7) is 0. The van der Waals surface area contributed by atoms with Gasteiger partial charge in [0.05, 0.1) is 12.4 Å². The quantitative estimate of drug-likeness (QED) is 0.691. The van der Waals surface area contributed by atoms with Crippen molar-refractivity contribution in [3.8, 4) is 0 Å². The highest BCUT2D eigenvalue weighted by Gasteiger charge is 1.76. The van der Waals surface area contributed by atoms with Crippen LogP contribution in [0.25, 0.3) is 0 Å². The predicted octanol–water partition coefficient (Wildman–Crippen LogP) is 1.82. The van der Waals surface area contributed by atoms with Crippen LogP contribution in [-0.4, -0.2) is 10.2 Å². The molecule has 0 aliphatic carbocycles. The predicted molar refractivity (Wildman–Crippen MR) is 40.1 cm³/mol. The summed E-state index contributed by atoms with van der Waals surface area (Å²) in [4.78, 5) is 0. The van der Waals surface area contributed by atoms with E-state index in [1.54, 1.807) is 12.4 Å². The maximum Gasteiger partial charge on any atom is 0.0638 e. The van der Waals surface area contributed by atoms with Crippen LogP contribution in [0.1, 0.15) is 0 Å². The molecule has 0 radical (unpaired) electrons. The van der Waals surface area contributed by atoms with Crippen LogP contribution in [0.3, 0.4) is 0 Å². The number of nitrogens with zero attached hydrogens (tertiary/aromatic N) is 2. The summed E-state index contributed by atoms with van der Waals surface area (Å²) >= 11 is 3.21. The van der Waals surface area contributed by atoms with Crippen LogP contribution in [0, 0.1) is 0 Å². The van der Waals surface area contributed by atoms with Crippen LogP contribution < -0.4 is 0 Å². The van der Waals surface area contributed by atoms with Gasteiger partial charge in [0.25, 0.3) is 0 Å². The lowest BCUT2D eigenvalue weighted by Gasteiger charge is -1.78. The topological polar surface area (TPSA) is 25.8 Å². The Hall–Kier alpha value is 0.0400. The van der Waals surface area contributed by atoms with Gasteiger partial charge in [-0.25, -0.2) is 0 Å². The fourth-order valence-electron chi connectivity index (χ4n) is 0.275. The first kappa shape index (κ1) is 8.04. The van der Waals surface area contributed by atoms with Crippen molar-refractivity contribution < 1.29 is 0 Å². The van der Waals surface area contributed by atoms with Gasteiger partial charge in [-0.2, -0.15) is 10.2 Å². The fraction of sp³-hybridized carbons (Fsp3) is 0. The molecular formula is C4H4Br2N2. The van der Waals surface area contributed by atoms with Crippen molar-refractivity contribution in [1.82, 2.24) is 10.2 Å². The van der Waals surface area contributed by atoms with Gasteiger partial charge in [0, 0.05) is 4.47 Å². The summed E-state index contributed by atoms with van der Waals surface area (Å²) in [5.41, 5.74) is 0. The van der Waals surface area contributed by atoms with Gasteiger partial charge in [0.1, 0.15) is 0 Å². The third kappa shape index (κ3) is 2.37. The van der Waals surface area contributed by atoms with Gasteiger partial charge in [0.2, 0.25) is 0 Å². The summed E-state index contributed by atoms with van der Waals surface area (Å²) in [5.74, 6) is 0. The Labute approximate surface area is 66.2 Å². The van der Waals surface area contributed by atoms with Gasteiger partial charge in [-0.15, -0.1) is 17.0 Å². The Morgan fingerprint density at radius 3 is 2.38 bits per heavy atom. The third-order valence-corrected chi connectivity index (χ3v) is 1.02. The molecule has 4 heteroatoms. The van der Waals surface area contributed by atoms with Crippen LogP contribution in [0.15, 0.2) is 22.9 Å². The molecule has 0 spiro atoms. The first-order valence-corrected chi connectivity index (χ1v) is 2.61. The molecule has 8 heavy (non-hydrogen) atoms. The first-order valence-electron chi connectivity index (χ1n) is 1.82. The average molecular weight is 240 g/mol. The van der Waals surface area contributed by atoms with Crippen molar-refractivity contribution in [2.45, 2.75) is 0 Å². The highest BCUT2D eigenvalue weighted by atomic mass is 79.9. The van der Waals surface area contributed by atoms with E-state index in [1.165, 1.54) is 0 Å². The molecule has 1 aromatic rings. The van der Waals surface area contributed by atoms with Crippen LogP contribution in [0.4, 0.5) is 0 Å². The van der Waals surface area contributed by atoms with Gasteiger partial charge >= 0.3 is 0 Å². The van der Waals surface area contributed by atoms with Gasteiger partial charge in [-0.05, 0) is 22.0 Å². The van der Waals surface area contributed by atoms with E-state index in [0.29, 0.717) is 0 Å². The van der Waals surface area contributed by atoms with E-state index in [2.05, 4.69) is 26.1 Å². The van der Waals surface area contributed by atoms with Crippen LogP contribution >= 0.6 is 32.9 Å². The summed E-state index contributed by atoms with van der Waals surface area (Å²) in [6.07, 6.45) is 3.27. The Morgan fingerprint density at radius 2 is 2.12 bits per heavy atom. The first-order chi connectivity index (χ1) is 3.39. The van der Waals surface area contributed by atoms with Crippen molar-refractivity contribution in [3.05, 3.63) is 22.9 Å². The molecule has 0 fully saturated rings. The van der Waals surface area contributed by atoms with Gasteiger partial charge in [-0.3, -0.25) is 0 Å². The van der Waals surface area contributed by atoms with E-state index in [0.717, 1.165) is 4.47 Å². The number of hydrogen-bond donors (Lipinski definition) is 0. The smallest absolute Gasteiger partial charge is 0.0638 e. The highest BCUT2D eigenvalue weighted by molar-refractivity contribution is 9.10. The van der Waals surface area contributed by atoms with E-state index < -0.39 is 0 Å². The molecule has 2 nitrogen and oxygen atoms in total. The van der Waals surface area contributed by atoms with E-state index in [4.69, 9.17) is 0 Å². The number of halogens is 2. The summed E-state index contributed by atoms with van der Waals surface area (Å²) in [5, 5.41) is 7.15. The molecule has 1 aromatic heterocycles. The molecule has 0 atom stereocenters. The second kappa shape index (κ2) is 3.97. The molecule has 0 saturated heterocycles. The molecular weight excluding hydrogens is 236 g/mol. The zero-order chi connectivity index (χ0) is 5.11. The largest absolute Gasteiger partial charge is 0.159 e. The summed E-state index contributed by atoms with van der Waals surface area (Å²) < 4.78 is 0.961. The van der Waals surface area contributed by atoms with Crippen molar-refractivity contribution >= 4 is 32.9 Å². The zero-order valence-corrected chi connectivity index (χ0v) is 7.21. The molecule has 0 saturated carbocycles. The molecule has 0 bridgehead atoms. The SMILES string of the molecule is Br.Brc1ccnnc1. The van der Waals surface area contributed by atoms with Gasteiger partial charge < -0.3 is 0 Å². The molecule has 1 heterocycles. The Bertz CT molecular complexity index is 142. The lowest BCUT2D eigenvalue weighted by molar-refractivity contribution is 1.02. The van der Waals surface area contributed by atoms with Crippen molar-refractivity contribution in [1.29, 1.82) is 0 Å². The second-order valence-electron chi connectivity index (χ2n) is 1.06. The fourth-order valence-corrected chi connectivity index (χ4v) is 0.484. The minimum Gasteiger partial charge on any atom is -0.159 e. The van der Waals surface area contributed by atoms with Crippen LogP contribution in [0.2, 0.25) is 0 Å². The lowest BCUT2D eigenvalue weighted by atomic mass is 10.6. The maximum atomic E-state index is 3.59. The molecule has 1 rings (SSSR count). The minimum atomic E-state index is 0. The Morgan fingerprint density at radius 1 is 1.38 bits per heavy atom. The van der Waals surface area contributed by atoms with E-state index >= 15 is 0 Å².